The quantitative estimate of drug-likeness (QED) is 0.909. The standard InChI is InChI=1S/C16H20N2O2/c1-11(2)17-6-5-16-18-8-15(20-16)12-3-4-13-9-19-10-14(13)7-12/h3-4,7-8,11,17H,5-6,9-10H2,1-2H3. The third-order valence-electron chi connectivity index (χ3n) is 3.45. The summed E-state index contributed by atoms with van der Waals surface area (Å²) in [6, 6.07) is 6.81. The largest absolute Gasteiger partial charge is 0.441 e. The third kappa shape index (κ3) is 2.92. The van der Waals surface area contributed by atoms with Crippen molar-refractivity contribution in [2.24, 2.45) is 0 Å². The summed E-state index contributed by atoms with van der Waals surface area (Å²) in [4.78, 5) is 4.35. The summed E-state index contributed by atoms with van der Waals surface area (Å²) in [6.45, 7) is 6.57. The lowest BCUT2D eigenvalue weighted by Crippen LogP contribution is -2.24. The molecule has 0 unspecified atom stereocenters. The zero-order valence-corrected chi connectivity index (χ0v) is 12.0. The van der Waals surface area contributed by atoms with Crippen LogP contribution < -0.4 is 5.32 Å². The first kappa shape index (κ1) is 13.3. The molecule has 4 heteroatoms. The first-order valence-corrected chi connectivity index (χ1v) is 7.10. The van der Waals surface area contributed by atoms with Crippen LogP contribution in [0.1, 0.15) is 30.9 Å². The van der Waals surface area contributed by atoms with E-state index in [2.05, 4.69) is 42.3 Å². The Morgan fingerprint density at radius 2 is 2.10 bits per heavy atom. The first-order chi connectivity index (χ1) is 9.72. The number of benzene rings is 1. The number of fused-ring (bicyclic) bond motifs is 1. The van der Waals surface area contributed by atoms with E-state index in [9.17, 15) is 0 Å². The Kier molecular flexibility index (Phi) is 3.85. The molecule has 1 aliphatic heterocycles. The van der Waals surface area contributed by atoms with E-state index in [1.165, 1.54) is 11.1 Å². The Hall–Kier alpha value is -1.65. The Bertz CT molecular complexity index is 590. The van der Waals surface area contributed by atoms with E-state index in [0.29, 0.717) is 12.6 Å². The fourth-order valence-electron chi connectivity index (χ4n) is 2.35. The molecule has 0 spiro atoms. The molecule has 0 atom stereocenters. The minimum atomic E-state index is 0.487. The topological polar surface area (TPSA) is 47.3 Å². The van der Waals surface area contributed by atoms with Crippen LogP contribution in [0.4, 0.5) is 0 Å². The number of hydrogen-bond acceptors (Lipinski definition) is 4. The number of oxazole rings is 1. The average Bonchev–Trinajstić information content (AvgIpc) is 3.05. The van der Waals surface area contributed by atoms with E-state index in [1.54, 1.807) is 0 Å². The van der Waals surface area contributed by atoms with Crippen molar-refractivity contribution in [1.82, 2.24) is 10.3 Å². The molecule has 0 bridgehead atoms. The van der Waals surface area contributed by atoms with E-state index in [0.717, 1.165) is 36.8 Å². The fourth-order valence-corrected chi connectivity index (χ4v) is 2.35. The first-order valence-electron chi connectivity index (χ1n) is 7.10. The Morgan fingerprint density at radius 1 is 1.25 bits per heavy atom. The van der Waals surface area contributed by atoms with Crippen molar-refractivity contribution in [3.05, 3.63) is 41.4 Å². The summed E-state index contributed by atoms with van der Waals surface area (Å²) in [5, 5.41) is 3.36. The lowest BCUT2D eigenvalue weighted by Gasteiger charge is -2.05. The van der Waals surface area contributed by atoms with Crippen molar-refractivity contribution in [2.75, 3.05) is 6.54 Å². The minimum Gasteiger partial charge on any atom is -0.441 e. The summed E-state index contributed by atoms with van der Waals surface area (Å²) < 4.78 is 11.3. The normalized spacial score (nSPS) is 13.9. The maximum Gasteiger partial charge on any atom is 0.196 e. The van der Waals surface area contributed by atoms with Crippen molar-refractivity contribution >= 4 is 0 Å². The molecule has 2 aromatic rings. The highest BCUT2D eigenvalue weighted by Gasteiger charge is 2.13. The SMILES string of the molecule is CC(C)NCCc1ncc(-c2ccc3c(c2)COC3)o1. The second-order valence-electron chi connectivity index (χ2n) is 5.45. The van der Waals surface area contributed by atoms with Crippen LogP contribution in [0.2, 0.25) is 0 Å². The van der Waals surface area contributed by atoms with Crippen molar-refractivity contribution in [1.29, 1.82) is 0 Å². The van der Waals surface area contributed by atoms with Gasteiger partial charge < -0.3 is 14.5 Å². The third-order valence-corrected chi connectivity index (χ3v) is 3.45. The molecule has 3 rings (SSSR count). The molecule has 0 aliphatic carbocycles. The van der Waals surface area contributed by atoms with Crippen LogP contribution in [0.25, 0.3) is 11.3 Å². The maximum absolute atomic E-state index is 5.82. The number of ether oxygens (including phenoxy) is 1. The molecular weight excluding hydrogens is 252 g/mol. The van der Waals surface area contributed by atoms with Crippen molar-refractivity contribution < 1.29 is 9.15 Å². The van der Waals surface area contributed by atoms with Crippen molar-refractivity contribution in [3.63, 3.8) is 0 Å². The van der Waals surface area contributed by atoms with Gasteiger partial charge >= 0.3 is 0 Å². The molecule has 0 saturated heterocycles. The van der Waals surface area contributed by atoms with Gasteiger partial charge in [0.15, 0.2) is 11.7 Å². The van der Waals surface area contributed by atoms with Gasteiger partial charge in [0, 0.05) is 24.6 Å². The van der Waals surface area contributed by atoms with Gasteiger partial charge in [0.2, 0.25) is 0 Å². The Labute approximate surface area is 119 Å². The smallest absolute Gasteiger partial charge is 0.196 e. The van der Waals surface area contributed by atoms with Gasteiger partial charge in [-0.3, -0.25) is 0 Å². The van der Waals surface area contributed by atoms with Crippen LogP contribution in [-0.4, -0.2) is 17.6 Å². The second kappa shape index (κ2) is 5.77. The van der Waals surface area contributed by atoms with Gasteiger partial charge in [0.1, 0.15) is 0 Å². The molecule has 1 aromatic carbocycles. The predicted octanol–water partition coefficient (Wildman–Crippen LogP) is 2.91. The van der Waals surface area contributed by atoms with Crippen LogP contribution in [0.15, 0.2) is 28.8 Å². The molecule has 4 nitrogen and oxygen atoms in total. The lowest BCUT2D eigenvalue weighted by molar-refractivity contribution is 0.134. The van der Waals surface area contributed by atoms with Crippen LogP contribution in [0, 0.1) is 0 Å². The highest BCUT2D eigenvalue weighted by atomic mass is 16.5. The zero-order chi connectivity index (χ0) is 13.9. The summed E-state index contributed by atoms with van der Waals surface area (Å²) in [7, 11) is 0. The molecule has 1 aromatic heterocycles. The van der Waals surface area contributed by atoms with Crippen LogP contribution in [-0.2, 0) is 24.4 Å². The predicted molar refractivity (Wildman–Crippen MR) is 77.3 cm³/mol. The molecular formula is C16H20N2O2. The van der Waals surface area contributed by atoms with Crippen molar-refractivity contribution in [2.45, 2.75) is 39.5 Å². The second-order valence-corrected chi connectivity index (χ2v) is 5.45. The molecule has 0 amide bonds. The molecule has 1 N–H and O–H groups in total. The lowest BCUT2D eigenvalue weighted by atomic mass is 10.1. The van der Waals surface area contributed by atoms with Gasteiger partial charge in [-0.25, -0.2) is 4.98 Å². The van der Waals surface area contributed by atoms with Crippen molar-refractivity contribution in [3.8, 4) is 11.3 Å². The number of hydrogen-bond donors (Lipinski definition) is 1. The molecule has 1 aliphatic rings. The Balaban J connectivity index is 1.70. The summed E-state index contributed by atoms with van der Waals surface area (Å²) >= 11 is 0. The van der Waals surface area contributed by atoms with E-state index in [4.69, 9.17) is 9.15 Å². The number of nitrogens with one attached hydrogen (secondary N) is 1. The highest BCUT2D eigenvalue weighted by molar-refractivity contribution is 5.59. The van der Waals surface area contributed by atoms with E-state index in [-0.39, 0.29) is 0 Å². The van der Waals surface area contributed by atoms with Crippen LogP contribution in [0.5, 0.6) is 0 Å². The monoisotopic (exact) mass is 272 g/mol. The maximum atomic E-state index is 5.82. The zero-order valence-electron chi connectivity index (χ0n) is 12.0. The molecule has 106 valence electrons. The average molecular weight is 272 g/mol. The fraction of sp³-hybridized carbons (Fsp3) is 0.438. The van der Waals surface area contributed by atoms with Gasteiger partial charge in [-0.05, 0) is 17.2 Å². The van der Waals surface area contributed by atoms with E-state index >= 15 is 0 Å². The van der Waals surface area contributed by atoms with Gasteiger partial charge in [0.05, 0.1) is 19.4 Å². The molecule has 0 radical (unpaired) electrons. The van der Waals surface area contributed by atoms with Crippen LogP contribution >= 0.6 is 0 Å². The van der Waals surface area contributed by atoms with E-state index < -0.39 is 0 Å². The molecule has 2 heterocycles. The minimum absolute atomic E-state index is 0.487. The van der Waals surface area contributed by atoms with Gasteiger partial charge in [-0.1, -0.05) is 26.0 Å². The number of rotatable bonds is 5. The van der Waals surface area contributed by atoms with E-state index in [1.807, 2.05) is 6.20 Å². The number of nitrogens with zero attached hydrogens (tertiary/aromatic N) is 1. The summed E-state index contributed by atoms with van der Waals surface area (Å²) in [6.07, 6.45) is 2.62. The Morgan fingerprint density at radius 3 is 2.95 bits per heavy atom. The summed E-state index contributed by atoms with van der Waals surface area (Å²) in [5.41, 5.74) is 3.60. The highest BCUT2D eigenvalue weighted by Crippen LogP contribution is 2.27. The molecule has 0 saturated carbocycles. The van der Waals surface area contributed by atoms with Gasteiger partial charge in [-0.2, -0.15) is 0 Å². The molecule has 20 heavy (non-hydrogen) atoms. The van der Waals surface area contributed by atoms with Crippen LogP contribution in [0.3, 0.4) is 0 Å². The summed E-state index contributed by atoms with van der Waals surface area (Å²) in [5.74, 6) is 1.61. The van der Waals surface area contributed by atoms with Gasteiger partial charge in [0.25, 0.3) is 0 Å². The van der Waals surface area contributed by atoms with Gasteiger partial charge in [-0.15, -0.1) is 0 Å². The molecule has 0 fully saturated rings. The number of aromatic nitrogens is 1.